The lowest BCUT2D eigenvalue weighted by Crippen LogP contribution is -2.41. The standard InChI is InChI=1S/C25H25ClN4O3/c1-14-5-4-6-17(9-14)23(15(2)31)29-22(32)13-30-12-19-8-7-18(10-20(19)25(30)33)24-21(26)11-27-16(3)28-24/h4-11,15,23,31H,12-13H2,1-3H3,(H,29,32)/t15-,23+/m0/s1. The third-order valence-corrected chi connectivity index (χ3v) is 5.94. The van der Waals surface area contributed by atoms with E-state index in [0.717, 1.165) is 22.3 Å². The van der Waals surface area contributed by atoms with E-state index in [1.165, 1.54) is 11.1 Å². The molecule has 0 aliphatic carbocycles. The molecule has 2 heterocycles. The van der Waals surface area contributed by atoms with Crippen molar-refractivity contribution in [2.45, 2.75) is 39.5 Å². The van der Waals surface area contributed by atoms with Crippen LogP contribution in [0.3, 0.4) is 0 Å². The summed E-state index contributed by atoms with van der Waals surface area (Å²) in [7, 11) is 0. The van der Waals surface area contributed by atoms with E-state index in [4.69, 9.17) is 11.6 Å². The smallest absolute Gasteiger partial charge is 0.254 e. The molecule has 0 radical (unpaired) electrons. The normalized spacial score (nSPS) is 14.7. The number of aliphatic hydroxyl groups is 1. The quantitative estimate of drug-likeness (QED) is 0.581. The molecule has 0 spiro atoms. The van der Waals surface area contributed by atoms with E-state index < -0.39 is 12.1 Å². The van der Waals surface area contributed by atoms with Gasteiger partial charge in [0.25, 0.3) is 5.91 Å². The van der Waals surface area contributed by atoms with Crippen LogP contribution in [-0.2, 0) is 11.3 Å². The molecule has 2 aromatic carbocycles. The van der Waals surface area contributed by atoms with Crippen LogP contribution in [0.2, 0.25) is 5.02 Å². The van der Waals surface area contributed by atoms with Crippen molar-refractivity contribution in [1.82, 2.24) is 20.2 Å². The Hall–Kier alpha value is -3.29. The largest absolute Gasteiger partial charge is 0.391 e. The van der Waals surface area contributed by atoms with E-state index in [1.54, 1.807) is 19.9 Å². The lowest BCUT2D eigenvalue weighted by Gasteiger charge is -2.24. The fourth-order valence-electron chi connectivity index (χ4n) is 4.03. The van der Waals surface area contributed by atoms with E-state index >= 15 is 0 Å². The minimum atomic E-state index is -0.786. The summed E-state index contributed by atoms with van der Waals surface area (Å²) in [5.41, 5.74) is 4.50. The number of aryl methyl sites for hydroxylation is 2. The fraction of sp³-hybridized carbons (Fsp3) is 0.280. The second kappa shape index (κ2) is 9.29. The van der Waals surface area contributed by atoms with Gasteiger partial charge in [0.2, 0.25) is 5.91 Å². The number of halogens is 1. The number of hydrogen-bond donors (Lipinski definition) is 2. The molecule has 0 bridgehead atoms. The fourth-order valence-corrected chi connectivity index (χ4v) is 4.23. The zero-order chi connectivity index (χ0) is 23.7. The van der Waals surface area contributed by atoms with Gasteiger partial charge in [-0.3, -0.25) is 9.59 Å². The van der Waals surface area contributed by atoms with Crippen LogP contribution in [0, 0.1) is 13.8 Å². The van der Waals surface area contributed by atoms with Crippen molar-refractivity contribution in [1.29, 1.82) is 0 Å². The van der Waals surface area contributed by atoms with E-state index in [0.29, 0.717) is 28.6 Å². The molecule has 1 aliphatic rings. The molecular weight excluding hydrogens is 440 g/mol. The van der Waals surface area contributed by atoms with Gasteiger partial charge in [0.1, 0.15) is 12.4 Å². The Kier molecular flexibility index (Phi) is 6.44. The van der Waals surface area contributed by atoms with Crippen molar-refractivity contribution in [3.8, 4) is 11.3 Å². The monoisotopic (exact) mass is 464 g/mol. The van der Waals surface area contributed by atoms with Crippen LogP contribution in [0.25, 0.3) is 11.3 Å². The van der Waals surface area contributed by atoms with Crippen LogP contribution >= 0.6 is 11.6 Å². The molecule has 7 nitrogen and oxygen atoms in total. The summed E-state index contributed by atoms with van der Waals surface area (Å²) in [5, 5.41) is 13.5. The molecule has 0 saturated heterocycles. The predicted molar refractivity (Wildman–Crippen MR) is 126 cm³/mol. The van der Waals surface area contributed by atoms with Crippen LogP contribution < -0.4 is 5.32 Å². The lowest BCUT2D eigenvalue weighted by molar-refractivity contribution is -0.123. The maximum atomic E-state index is 13.0. The number of nitrogens with zero attached hydrogens (tertiary/aromatic N) is 3. The van der Waals surface area contributed by atoms with Crippen molar-refractivity contribution < 1.29 is 14.7 Å². The van der Waals surface area contributed by atoms with Gasteiger partial charge in [-0.25, -0.2) is 9.97 Å². The zero-order valence-electron chi connectivity index (χ0n) is 18.7. The maximum Gasteiger partial charge on any atom is 0.254 e. The number of carbonyl (C=O) groups is 2. The lowest BCUT2D eigenvalue weighted by atomic mass is 10.0. The summed E-state index contributed by atoms with van der Waals surface area (Å²) in [6.45, 7) is 5.59. The van der Waals surface area contributed by atoms with Gasteiger partial charge < -0.3 is 15.3 Å². The van der Waals surface area contributed by atoms with Crippen LogP contribution in [0.4, 0.5) is 0 Å². The SMILES string of the molecule is Cc1cccc([C@H](NC(=O)CN2Cc3ccc(-c4nc(C)ncc4Cl)cc3C2=O)[C@H](C)O)c1. The molecule has 2 atom stereocenters. The molecule has 8 heteroatoms. The highest BCUT2D eigenvalue weighted by atomic mass is 35.5. The van der Waals surface area contributed by atoms with E-state index in [1.807, 2.05) is 43.3 Å². The van der Waals surface area contributed by atoms with Crippen molar-refractivity contribution in [2.24, 2.45) is 0 Å². The number of hydrogen-bond acceptors (Lipinski definition) is 5. The van der Waals surface area contributed by atoms with E-state index in [-0.39, 0.29) is 18.4 Å². The molecule has 4 rings (SSSR count). The Balaban J connectivity index is 1.49. The predicted octanol–water partition coefficient (Wildman–Crippen LogP) is 3.61. The van der Waals surface area contributed by atoms with E-state index in [2.05, 4.69) is 15.3 Å². The number of benzene rings is 2. The highest BCUT2D eigenvalue weighted by Crippen LogP contribution is 2.31. The minimum absolute atomic E-state index is 0.106. The average molecular weight is 465 g/mol. The van der Waals surface area contributed by atoms with Gasteiger partial charge >= 0.3 is 0 Å². The second-order valence-corrected chi connectivity index (χ2v) is 8.75. The number of amides is 2. The second-order valence-electron chi connectivity index (χ2n) is 8.35. The average Bonchev–Trinajstić information content (AvgIpc) is 3.08. The first-order valence-electron chi connectivity index (χ1n) is 10.7. The number of rotatable bonds is 6. The Morgan fingerprint density at radius 3 is 2.76 bits per heavy atom. The number of fused-ring (bicyclic) bond motifs is 1. The maximum absolute atomic E-state index is 13.0. The number of carbonyl (C=O) groups excluding carboxylic acids is 2. The summed E-state index contributed by atoms with van der Waals surface area (Å²) in [4.78, 5) is 35.8. The molecule has 0 unspecified atom stereocenters. The third kappa shape index (κ3) is 4.89. The molecule has 3 aromatic rings. The van der Waals surface area contributed by atoms with Gasteiger partial charge in [0.15, 0.2) is 0 Å². The van der Waals surface area contributed by atoms with Gasteiger partial charge in [-0.15, -0.1) is 0 Å². The Morgan fingerprint density at radius 1 is 1.24 bits per heavy atom. The third-order valence-electron chi connectivity index (χ3n) is 5.66. The van der Waals surface area contributed by atoms with Crippen molar-refractivity contribution in [2.75, 3.05) is 6.54 Å². The first kappa shape index (κ1) is 22.9. The Bertz CT molecular complexity index is 1230. The molecule has 33 heavy (non-hydrogen) atoms. The van der Waals surface area contributed by atoms with E-state index in [9.17, 15) is 14.7 Å². The molecule has 170 valence electrons. The highest BCUT2D eigenvalue weighted by molar-refractivity contribution is 6.32. The summed E-state index contributed by atoms with van der Waals surface area (Å²) in [6, 6.07) is 12.6. The first-order valence-corrected chi connectivity index (χ1v) is 11.1. The van der Waals surface area contributed by atoms with Crippen LogP contribution in [0.1, 0.15) is 45.8 Å². The molecule has 0 saturated carbocycles. The van der Waals surface area contributed by atoms with Gasteiger partial charge in [-0.2, -0.15) is 0 Å². The van der Waals surface area contributed by atoms with Gasteiger partial charge in [-0.1, -0.05) is 53.6 Å². The van der Waals surface area contributed by atoms with Gasteiger partial charge in [-0.05, 0) is 38.0 Å². The van der Waals surface area contributed by atoms with Crippen LogP contribution in [-0.4, -0.2) is 44.4 Å². The molecule has 1 aliphatic heterocycles. The summed E-state index contributed by atoms with van der Waals surface area (Å²) < 4.78 is 0. The number of nitrogens with one attached hydrogen (secondary N) is 1. The van der Waals surface area contributed by atoms with Gasteiger partial charge in [0.05, 0.1) is 22.9 Å². The molecule has 0 fully saturated rings. The van der Waals surface area contributed by atoms with Crippen molar-refractivity contribution in [3.63, 3.8) is 0 Å². The summed E-state index contributed by atoms with van der Waals surface area (Å²) in [5.74, 6) is 0.0205. The molecule has 2 N–H and O–H groups in total. The Morgan fingerprint density at radius 2 is 2.03 bits per heavy atom. The van der Waals surface area contributed by atoms with Crippen molar-refractivity contribution >= 4 is 23.4 Å². The van der Waals surface area contributed by atoms with Gasteiger partial charge in [0, 0.05) is 23.9 Å². The Labute approximate surface area is 197 Å². The van der Waals surface area contributed by atoms with Crippen LogP contribution in [0.5, 0.6) is 0 Å². The summed E-state index contributed by atoms with van der Waals surface area (Å²) >= 11 is 6.26. The molecular formula is C25H25ClN4O3. The minimum Gasteiger partial charge on any atom is -0.391 e. The highest BCUT2D eigenvalue weighted by Gasteiger charge is 2.30. The topological polar surface area (TPSA) is 95.4 Å². The number of aromatic nitrogens is 2. The zero-order valence-corrected chi connectivity index (χ0v) is 19.4. The van der Waals surface area contributed by atoms with Crippen LogP contribution in [0.15, 0.2) is 48.7 Å². The number of aliphatic hydroxyl groups excluding tert-OH is 1. The first-order chi connectivity index (χ1) is 15.7. The van der Waals surface area contributed by atoms with Crippen molar-refractivity contribution in [3.05, 3.63) is 81.8 Å². The summed E-state index contributed by atoms with van der Waals surface area (Å²) in [6.07, 6.45) is 0.753. The molecule has 2 amide bonds. The molecule has 1 aromatic heterocycles.